The third-order valence-electron chi connectivity index (χ3n) is 3.61. The van der Waals surface area contributed by atoms with Gasteiger partial charge < -0.3 is 10.5 Å². The van der Waals surface area contributed by atoms with Crippen LogP contribution < -0.4 is 10.5 Å². The number of ether oxygens (including phenoxy) is 1. The molecule has 0 amide bonds. The number of fused-ring (bicyclic) bond motifs is 1. The Morgan fingerprint density at radius 3 is 2.50 bits per heavy atom. The molecule has 2 N–H and O–H groups in total. The van der Waals surface area contributed by atoms with Gasteiger partial charge in [0.1, 0.15) is 22.5 Å². The highest BCUT2D eigenvalue weighted by Crippen LogP contribution is 2.34. The first kappa shape index (κ1) is 14.2. The van der Waals surface area contributed by atoms with Crippen LogP contribution in [0.5, 0.6) is 11.5 Å². The molecule has 114 valence electrons. The van der Waals surface area contributed by atoms with Crippen molar-refractivity contribution in [1.29, 1.82) is 0 Å². The minimum atomic E-state index is -0.545. The highest BCUT2D eigenvalue weighted by molar-refractivity contribution is 5.78. The molecule has 0 bridgehead atoms. The molecular formula is C15H14F2N4O. The maximum atomic E-state index is 14.4. The quantitative estimate of drug-likeness (QED) is 0.738. The van der Waals surface area contributed by atoms with Crippen molar-refractivity contribution in [2.24, 2.45) is 7.05 Å². The fourth-order valence-corrected chi connectivity index (χ4v) is 2.27. The van der Waals surface area contributed by atoms with Gasteiger partial charge in [-0.15, -0.1) is 5.10 Å². The second-order valence-corrected chi connectivity index (χ2v) is 5.09. The summed E-state index contributed by atoms with van der Waals surface area (Å²) in [5.74, 6) is -0.472. The summed E-state index contributed by atoms with van der Waals surface area (Å²) in [6.07, 6.45) is 0. The van der Waals surface area contributed by atoms with Crippen molar-refractivity contribution in [2.45, 2.75) is 13.8 Å². The van der Waals surface area contributed by atoms with E-state index in [4.69, 9.17) is 10.5 Å². The molecule has 0 unspecified atom stereocenters. The zero-order valence-corrected chi connectivity index (χ0v) is 12.3. The first-order valence-electron chi connectivity index (χ1n) is 6.61. The Balaban J connectivity index is 2.12. The summed E-state index contributed by atoms with van der Waals surface area (Å²) >= 11 is 0. The van der Waals surface area contributed by atoms with Crippen LogP contribution in [0.3, 0.4) is 0 Å². The van der Waals surface area contributed by atoms with Gasteiger partial charge in [-0.1, -0.05) is 5.21 Å². The van der Waals surface area contributed by atoms with Crippen LogP contribution in [-0.4, -0.2) is 15.0 Å². The summed E-state index contributed by atoms with van der Waals surface area (Å²) in [4.78, 5) is 0. The van der Waals surface area contributed by atoms with Crippen molar-refractivity contribution < 1.29 is 13.5 Å². The second kappa shape index (κ2) is 4.94. The molecule has 5 nitrogen and oxygen atoms in total. The predicted octanol–water partition coefficient (Wildman–Crippen LogP) is 3.24. The molecule has 0 atom stereocenters. The van der Waals surface area contributed by atoms with E-state index in [9.17, 15) is 8.78 Å². The number of nitrogen functional groups attached to an aromatic ring is 1. The summed E-state index contributed by atoms with van der Waals surface area (Å²) in [5, 5.41) is 7.66. The van der Waals surface area contributed by atoms with Crippen molar-refractivity contribution in [3.05, 3.63) is 41.0 Å². The number of benzene rings is 2. The van der Waals surface area contributed by atoms with Crippen LogP contribution in [0.2, 0.25) is 0 Å². The molecule has 0 spiro atoms. The lowest BCUT2D eigenvalue weighted by Gasteiger charge is -2.13. The van der Waals surface area contributed by atoms with Crippen LogP contribution in [0.25, 0.3) is 11.0 Å². The van der Waals surface area contributed by atoms with Gasteiger partial charge in [0, 0.05) is 24.2 Å². The third kappa shape index (κ3) is 2.05. The van der Waals surface area contributed by atoms with Gasteiger partial charge in [0.15, 0.2) is 11.6 Å². The predicted molar refractivity (Wildman–Crippen MR) is 78.8 cm³/mol. The lowest BCUT2D eigenvalue weighted by molar-refractivity contribution is 0.463. The average Bonchev–Trinajstić information content (AvgIpc) is 2.86. The minimum Gasteiger partial charge on any atom is -0.457 e. The first-order chi connectivity index (χ1) is 10.4. The molecule has 3 aromatic rings. The standard InChI is InChI=1S/C15H14F2N4O/c1-7-11(5-4-9(18)13(7)16)22-12-6-10-15(14(17)8(12)2)21(3)20-19-10/h4-6H,18H2,1-3H3. The van der Waals surface area contributed by atoms with Gasteiger partial charge in [-0.05, 0) is 26.0 Å². The normalized spacial score (nSPS) is 11.1. The lowest BCUT2D eigenvalue weighted by Crippen LogP contribution is -1.99. The van der Waals surface area contributed by atoms with Crippen molar-refractivity contribution >= 4 is 16.7 Å². The number of nitrogens with two attached hydrogens (primary N) is 1. The average molecular weight is 304 g/mol. The van der Waals surface area contributed by atoms with E-state index in [-0.39, 0.29) is 22.7 Å². The molecule has 0 radical (unpaired) electrons. The Morgan fingerprint density at radius 2 is 1.77 bits per heavy atom. The summed E-state index contributed by atoms with van der Waals surface area (Å²) in [6.45, 7) is 3.13. The maximum Gasteiger partial charge on any atom is 0.157 e. The number of hydrogen-bond acceptors (Lipinski definition) is 4. The zero-order valence-electron chi connectivity index (χ0n) is 12.3. The smallest absolute Gasteiger partial charge is 0.157 e. The van der Waals surface area contributed by atoms with Crippen molar-refractivity contribution in [1.82, 2.24) is 15.0 Å². The summed E-state index contributed by atoms with van der Waals surface area (Å²) in [6, 6.07) is 4.53. The number of nitrogens with zero attached hydrogens (tertiary/aromatic N) is 3. The monoisotopic (exact) mass is 304 g/mol. The van der Waals surface area contributed by atoms with Gasteiger partial charge >= 0.3 is 0 Å². The third-order valence-corrected chi connectivity index (χ3v) is 3.61. The molecular weight excluding hydrogens is 290 g/mol. The summed E-state index contributed by atoms with van der Waals surface area (Å²) < 4.78 is 35.3. The van der Waals surface area contributed by atoms with Crippen LogP contribution in [0, 0.1) is 25.5 Å². The second-order valence-electron chi connectivity index (χ2n) is 5.09. The highest BCUT2D eigenvalue weighted by Gasteiger charge is 2.17. The van der Waals surface area contributed by atoms with Crippen molar-refractivity contribution in [3.8, 4) is 11.5 Å². The summed E-state index contributed by atoms with van der Waals surface area (Å²) in [7, 11) is 1.61. The number of aryl methyl sites for hydroxylation is 1. The van der Waals surface area contributed by atoms with Crippen LogP contribution in [0.15, 0.2) is 18.2 Å². The fraction of sp³-hybridized carbons (Fsp3) is 0.200. The van der Waals surface area contributed by atoms with E-state index in [0.717, 1.165) is 0 Å². The van der Waals surface area contributed by atoms with E-state index >= 15 is 0 Å². The van der Waals surface area contributed by atoms with E-state index in [2.05, 4.69) is 10.3 Å². The number of rotatable bonds is 2. The van der Waals surface area contributed by atoms with E-state index in [1.165, 1.54) is 10.7 Å². The van der Waals surface area contributed by atoms with Crippen LogP contribution in [0.4, 0.5) is 14.5 Å². The number of hydrogen-bond donors (Lipinski definition) is 1. The van der Waals surface area contributed by atoms with E-state index in [1.807, 2.05) is 0 Å². The van der Waals surface area contributed by atoms with E-state index < -0.39 is 11.6 Å². The molecule has 2 aromatic carbocycles. The molecule has 7 heteroatoms. The number of anilines is 1. The molecule has 0 aliphatic rings. The molecule has 0 saturated carbocycles. The van der Waals surface area contributed by atoms with Crippen LogP contribution in [0.1, 0.15) is 11.1 Å². The van der Waals surface area contributed by atoms with Crippen molar-refractivity contribution in [3.63, 3.8) is 0 Å². The Bertz CT molecular complexity index is 889. The molecule has 0 aliphatic carbocycles. The Kier molecular flexibility index (Phi) is 3.20. The molecule has 1 aromatic heterocycles. The van der Waals surface area contributed by atoms with E-state index in [0.29, 0.717) is 16.6 Å². The highest BCUT2D eigenvalue weighted by atomic mass is 19.1. The Hall–Kier alpha value is -2.70. The SMILES string of the molecule is Cc1c(Oc2cc3nnn(C)c3c(F)c2C)ccc(N)c1F. The molecule has 22 heavy (non-hydrogen) atoms. The van der Waals surface area contributed by atoms with Gasteiger partial charge in [-0.3, -0.25) is 0 Å². The lowest BCUT2D eigenvalue weighted by atomic mass is 10.1. The topological polar surface area (TPSA) is 66.0 Å². The van der Waals surface area contributed by atoms with Crippen LogP contribution in [-0.2, 0) is 7.05 Å². The molecule has 3 rings (SSSR count). The molecule has 0 aliphatic heterocycles. The molecule has 0 saturated heterocycles. The largest absolute Gasteiger partial charge is 0.457 e. The number of halogens is 2. The first-order valence-corrected chi connectivity index (χ1v) is 6.61. The van der Waals surface area contributed by atoms with E-state index in [1.54, 1.807) is 33.0 Å². The molecule has 1 heterocycles. The molecule has 0 fully saturated rings. The van der Waals surface area contributed by atoms with Crippen molar-refractivity contribution in [2.75, 3.05) is 5.73 Å². The minimum absolute atomic E-state index is 0.0390. The van der Waals surface area contributed by atoms with Gasteiger partial charge in [-0.2, -0.15) is 0 Å². The van der Waals surface area contributed by atoms with Gasteiger partial charge in [0.05, 0.1) is 5.69 Å². The van der Waals surface area contributed by atoms with Gasteiger partial charge in [0.25, 0.3) is 0 Å². The maximum absolute atomic E-state index is 14.4. The Morgan fingerprint density at radius 1 is 1.09 bits per heavy atom. The Labute approximate surface area is 125 Å². The fourth-order valence-electron chi connectivity index (χ4n) is 2.27. The zero-order chi connectivity index (χ0) is 16.0. The van der Waals surface area contributed by atoms with Gasteiger partial charge in [0.2, 0.25) is 0 Å². The number of aromatic nitrogens is 3. The summed E-state index contributed by atoms with van der Waals surface area (Å²) in [5.41, 5.74) is 6.77. The van der Waals surface area contributed by atoms with Crippen LogP contribution >= 0.6 is 0 Å². The van der Waals surface area contributed by atoms with Gasteiger partial charge in [-0.25, -0.2) is 13.5 Å².